The largest absolute Gasteiger partial charge is 0.461 e. The Hall–Kier alpha value is -2.15. The van der Waals surface area contributed by atoms with Crippen molar-refractivity contribution in [3.05, 3.63) is 76.2 Å². The summed E-state index contributed by atoms with van der Waals surface area (Å²) in [7, 11) is -3.50. The van der Waals surface area contributed by atoms with E-state index in [0.717, 1.165) is 11.1 Å². The van der Waals surface area contributed by atoms with Crippen LogP contribution < -0.4 is 0 Å². The molecule has 2 aromatic carbocycles. The number of esters is 1. The maximum Gasteiger partial charge on any atom is 0.309 e. The van der Waals surface area contributed by atoms with Gasteiger partial charge >= 0.3 is 5.97 Å². The molecule has 28 heavy (non-hydrogen) atoms. The van der Waals surface area contributed by atoms with Crippen LogP contribution in [0.15, 0.2) is 60.0 Å². The predicted octanol–water partition coefficient (Wildman–Crippen LogP) is 4.10. The number of piperidine rings is 1. The molecule has 0 saturated carbocycles. The molecule has 0 aromatic heterocycles. The van der Waals surface area contributed by atoms with Gasteiger partial charge in [0, 0.05) is 23.5 Å². The first-order valence-corrected chi connectivity index (χ1v) is 11.0. The van der Waals surface area contributed by atoms with Gasteiger partial charge in [0.15, 0.2) is 0 Å². The highest BCUT2D eigenvalue weighted by Crippen LogP contribution is 2.22. The molecule has 0 spiro atoms. The third-order valence-electron chi connectivity index (χ3n) is 4.67. The van der Waals surface area contributed by atoms with Gasteiger partial charge in [0.2, 0.25) is 10.0 Å². The van der Waals surface area contributed by atoms with Gasteiger partial charge in [-0.25, -0.2) is 8.42 Å². The van der Waals surface area contributed by atoms with Crippen LogP contribution >= 0.6 is 11.6 Å². The van der Waals surface area contributed by atoms with Gasteiger partial charge in [0.25, 0.3) is 0 Å². The van der Waals surface area contributed by atoms with Crippen LogP contribution in [0.5, 0.6) is 0 Å². The minimum atomic E-state index is -3.50. The van der Waals surface area contributed by atoms with Crippen molar-refractivity contribution < 1.29 is 17.9 Å². The molecule has 1 fully saturated rings. The summed E-state index contributed by atoms with van der Waals surface area (Å²) in [4.78, 5) is 12.3. The van der Waals surface area contributed by atoms with Crippen molar-refractivity contribution in [1.82, 2.24) is 4.31 Å². The molecule has 0 bridgehead atoms. The fraction of sp³-hybridized carbons (Fsp3) is 0.286. The summed E-state index contributed by atoms with van der Waals surface area (Å²) in [5.41, 5.74) is 1.69. The monoisotopic (exact) mass is 419 g/mol. The zero-order valence-corrected chi connectivity index (χ0v) is 16.9. The van der Waals surface area contributed by atoms with E-state index in [1.807, 2.05) is 42.5 Å². The maximum absolute atomic E-state index is 12.5. The summed E-state index contributed by atoms with van der Waals surface area (Å²) in [5.74, 6) is -0.566. The lowest BCUT2D eigenvalue weighted by atomic mass is 9.98. The normalized spacial score (nSPS) is 16.3. The average Bonchev–Trinajstić information content (AvgIpc) is 2.72. The molecule has 1 heterocycles. The van der Waals surface area contributed by atoms with Crippen molar-refractivity contribution in [2.75, 3.05) is 13.1 Å². The number of ether oxygens (including phenoxy) is 1. The van der Waals surface area contributed by atoms with E-state index >= 15 is 0 Å². The lowest BCUT2D eigenvalue weighted by Gasteiger charge is -2.29. The van der Waals surface area contributed by atoms with E-state index in [-0.39, 0.29) is 18.5 Å². The Labute approximate surface area is 170 Å². The van der Waals surface area contributed by atoms with E-state index in [9.17, 15) is 13.2 Å². The van der Waals surface area contributed by atoms with Crippen LogP contribution in [0.2, 0.25) is 5.02 Å². The van der Waals surface area contributed by atoms with Crippen molar-refractivity contribution in [3.8, 4) is 0 Å². The number of benzene rings is 2. The third-order valence-corrected chi connectivity index (χ3v) is 6.49. The number of hydrogen-bond donors (Lipinski definition) is 0. The van der Waals surface area contributed by atoms with E-state index in [2.05, 4.69) is 0 Å². The molecule has 148 valence electrons. The van der Waals surface area contributed by atoms with Gasteiger partial charge in [0.1, 0.15) is 6.61 Å². The fourth-order valence-corrected chi connectivity index (χ4v) is 4.36. The van der Waals surface area contributed by atoms with Gasteiger partial charge in [0.05, 0.1) is 5.92 Å². The molecular formula is C21H22ClNO4S. The highest BCUT2D eigenvalue weighted by molar-refractivity contribution is 7.92. The van der Waals surface area contributed by atoms with Gasteiger partial charge in [-0.1, -0.05) is 54.1 Å². The van der Waals surface area contributed by atoms with Crippen LogP contribution in [0.25, 0.3) is 6.08 Å². The number of carbonyl (C=O) groups is 1. The molecule has 0 amide bonds. The first-order chi connectivity index (χ1) is 13.4. The standard InChI is InChI=1S/C21H22ClNO4S/c22-20-8-6-18(7-9-20)16-27-21(24)19-10-13-23(14-11-19)28(25,26)15-12-17-4-2-1-3-5-17/h1-9,12,15,19H,10-11,13-14,16H2/b15-12+. The molecule has 1 saturated heterocycles. The summed E-state index contributed by atoms with van der Waals surface area (Å²) < 4.78 is 31.8. The van der Waals surface area contributed by atoms with Crippen LogP contribution in [0, 0.1) is 5.92 Å². The summed E-state index contributed by atoms with van der Waals surface area (Å²) in [5, 5.41) is 1.85. The second kappa shape index (κ2) is 9.37. The Kier molecular flexibility index (Phi) is 6.88. The van der Waals surface area contributed by atoms with Crippen molar-refractivity contribution in [3.63, 3.8) is 0 Å². The molecule has 5 nitrogen and oxygen atoms in total. The minimum absolute atomic E-state index is 0.189. The Morgan fingerprint density at radius 1 is 1.07 bits per heavy atom. The van der Waals surface area contributed by atoms with Crippen molar-refractivity contribution in [2.24, 2.45) is 5.92 Å². The number of carbonyl (C=O) groups excluding carboxylic acids is 1. The van der Waals surface area contributed by atoms with Crippen molar-refractivity contribution >= 4 is 33.7 Å². The highest BCUT2D eigenvalue weighted by Gasteiger charge is 2.30. The quantitative estimate of drug-likeness (QED) is 0.661. The van der Waals surface area contributed by atoms with E-state index in [1.54, 1.807) is 18.2 Å². The lowest BCUT2D eigenvalue weighted by Crippen LogP contribution is -2.39. The van der Waals surface area contributed by atoms with Gasteiger partial charge in [-0.3, -0.25) is 4.79 Å². The first-order valence-electron chi connectivity index (χ1n) is 9.08. The van der Waals surface area contributed by atoms with E-state index in [1.165, 1.54) is 9.71 Å². The molecule has 0 atom stereocenters. The highest BCUT2D eigenvalue weighted by atomic mass is 35.5. The summed E-state index contributed by atoms with van der Waals surface area (Å²) in [6, 6.07) is 16.4. The van der Waals surface area contributed by atoms with Crippen LogP contribution in [0.1, 0.15) is 24.0 Å². The second-order valence-corrected chi connectivity index (χ2v) is 8.92. The molecule has 3 rings (SSSR count). The number of sulfonamides is 1. The van der Waals surface area contributed by atoms with E-state index < -0.39 is 10.0 Å². The smallest absolute Gasteiger partial charge is 0.309 e. The van der Waals surface area contributed by atoms with Crippen molar-refractivity contribution in [1.29, 1.82) is 0 Å². The molecule has 0 radical (unpaired) electrons. The fourth-order valence-electron chi connectivity index (χ4n) is 3.01. The summed E-state index contributed by atoms with van der Waals surface area (Å²) in [6.45, 7) is 0.804. The van der Waals surface area contributed by atoms with E-state index in [4.69, 9.17) is 16.3 Å². The molecular weight excluding hydrogens is 398 g/mol. The van der Waals surface area contributed by atoms with Crippen LogP contribution in [0.3, 0.4) is 0 Å². The molecule has 0 N–H and O–H groups in total. The van der Waals surface area contributed by atoms with Crippen molar-refractivity contribution in [2.45, 2.75) is 19.4 Å². The zero-order chi connectivity index (χ0) is 20.0. The lowest BCUT2D eigenvalue weighted by molar-refractivity contribution is -0.151. The van der Waals surface area contributed by atoms with Crippen LogP contribution in [-0.2, 0) is 26.2 Å². The summed E-state index contributed by atoms with van der Waals surface area (Å²) in [6.07, 6.45) is 2.50. The average molecular weight is 420 g/mol. The Morgan fingerprint density at radius 3 is 2.36 bits per heavy atom. The summed E-state index contributed by atoms with van der Waals surface area (Å²) >= 11 is 5.84. The molecule has 1 aliphatic heterocycles. The number of hydrogen-bond acceptors (Lipinski definition) is 4. The Morgan fingerprint density at radius 2 is 1.71 bits per heavy atom. The van der Waals surface area contributed by atoms with Crippen LogP contribution in [0.4, 0.5) is 0 Å². The van der Waals surface area contributed by atoms with Gasteiger partial charge in [-0.15, -0.1) is 0 Å². The minimum Gasteiger partial charge on any atom is -0.461 e. The third kappa shape index (κ3) is 5.67. The Bertz CT molecular complexity index is 919. The van der Waals surface area contributed by atoms with Gasteiger partial charge < -0.3 is 4.74 Å². The zero-order valence-electron chi connectivity index (χ0n) is 15.3. The Balaban J connectivity index is 1.49. The number of rotatable bonds is 6. The number of halogens is 1. The van der Waals surface area contributed by atoms with Gasteiger partial charge in [-0.05, 0) is 42.2 Å². The predicted molar refractivity (Wildman–Crippen MR) is 110 cm³/mol. The topological polar surface area (TPSA) is 63.7 Å². The number of nitrogens with zero attached hydrogens (tertiary/aromatic N) is 1. The SMILES string of the molecule is O=C(OCc1ccc(Cl)cc1)C1CCN(S(=O)(=O)/C=C/c2ccccc2)CC1. The maximum atomic E-state index is 12.5. The van der Waals surface area contributed by atoms with Gasteiger partial charge in [-0.2, -0.15) is 4.31 Å². The molecule has 1 aliphatic rings. The molecule has 0 aliphatic carbocycles. The van der Waals surface area contributed by atoms with Crippen LogP contribution in [-0.4, -0.2) is 31.8 Å². The second-order valence-electron chi connectivity index (χ2n) is 6.67. The van der Waals surface area contributed by atoms with E-state index in [0.29, 0.717) is 31.0 Å². The molecule has 2 aromatic rings. The molecule has 0 unspecified atom stereocenters. The first kappa shape index (κ1) is 20.6. The molecule has 7 heteroatoms.